The fraction of sp³-hybridized carbons (Fsp3) is 0.130. The molecule has 1 heterocycles. The molecule has 5 nitrogen and oxygen atoms in total. The summed E-state index contributed by atoms with van der Waals surface area (Å²) in [5.41, 5.74) is 3.68. The summed E-state index contributed by atoms with van der Waals surface area (Å²) in [4.78, 5) is 19.6. The van der Waals surface area contributed by atoms with Crippen LogP contribution >= 0.6 is 11.6 Å². The number of hydrogen-bond donors (Lipinski definition) is 2. The molecule has 1 aliphatic heterocycles. The highest BCUT2D eigenvalue weighted by Crippen LogP contribution is 2.31. The predicted octanol–water partition coefficient (Wildman–Crippen LogP) is 4.18. The lowest BCUT2D eigenvalue weighted by atomic mass is 10.00. The molecule has 1 amide bonds. The van der Waals surface area contributed by atoms with Gasteiger partial charge in [-0.05, 0) is 60.2 Å². The third kappa shape index (κ3) is 3.82. The molecule has 0 aliphatic carbocycles. The maximum Gasteiger partial charge on any atom is 0.251 e. The van der Waals surface area contributed by atoms with Gasteiger partial charge in [0.05, 0.1) is 11.4 Å². The second-order valence-electron chi connectivity index (χ2n) is 6.97. The van der Waals surface area contributed by atoms with E-state index in [0.717, 1.165) is 16.7 Å². The van der Waals surface area contributed by atoms with Gasteiger partial charge in [0.15, 0.2) is 0 Å². The minimum atomic E-state index is -0.670. The maximum absolute atomic E-state index is 13.2. The van der Waals surface area contributed by atoms with Crippen LogP contribution in [0.15, 0.2) is 71.7 Å². The molecule has 0 aromatic heterocycles. The van der Waals surface area contributed by atoms with Crippen molar-refractivity contribution >= 4 is 28.9 Å². The van der Waals surface area contributed by atoms with E-state index in [2.05, 4.69) is 0 Å². The molecular formula is C23H19ClN2O3. The molecule has 0 saturated carbocycles. The van der Waals surface area contributed by atoms with Crippen molar-refractivity contribution in [3.63, 3.8) is 0 Å². The summed E-state index contributed by atoms with van der Waals surface area (Å²) in [5.74, 6) is 0.152. The van der Waals surface area contributed by atoms with Gasteiger partial charge in [-0.15, -0.1) is 0 Å². The van der Waals surface area contributed by atoms with Gasteiger partial charge in [-0.1, -0.05) is 23.7 Å². The quantitative estimate of drug-likeness (QED) is 0.685. The number of aromatic hydroxyl groups is 2. The molecule has 4 rings (SSSR count). The average molecular weight is 407 g/mol. The minimum absolute atomic E-state index is 0.148. The average Bonchev–Trinajstić information content (AvgIpc) is 2.79. The highest BCUT2D eigenvalue weighted by molar-refractivity contribution is 6.32. The molecule has 1 unspecified atom stereocenters. The summed E-state index contributed by atoms with van der Waals surface area (Å²) < 4.78 is 0. The third-order valence-corrected chi connectivity index (χ3v) is 5.19. The van der Waals surface area contributed by atoms with Gasteiger partial charge in [-0.3, -0.25) is 9.79 Å². The number of benzodiazepines with no additional fused rings is 1. The van der Waals surface area contributed by atoms with Gasteiger partial charge >= 0.3 is 0 Å². The smallest absolute Gasteiger partial charge is 0.251 e. The first-order valence-electron chi connectivity index (χ1n) is 9.15. The second kappa shape index (κ2) is 7.60. The molecule has 0 fully saturated rings. The van der Waals surface area contributed by atoms with E-state index in [1.54, 1.807) is 66.5 Å². The van der Waals surface area contributed by atoms with E-state index < -0.39 is 6.04 Å². The number of anilines is 1. The summed E-state index contributed by atoms with van der Waals surface area (Å²) in [6, 6.07) is 18.2. The molecule has 0 radical (unpaired) electrons. The number of phenolic OH excluding ortho intramolecular Hbond substituents is 2. The van der Waals surface area contributed by atoms with Crippen LogP contribution in [0.25, 0.3) is 0 Å². The molecule has 1 aliphatic rings. The number of halogens is 1. The van der Waals surface area contributed by atoms with Crippen LogP contribution in [0, 0.1) is 0 Å². The number of rotatable bonds is 3. The van der Waals surface area contributed by atoms with E-state index in [4.69, 9.17) is 16.6 Å². The number of nitrogens with zero attached hydrogens (tertiary/aromatic N) is 2. The zero-order chi connectivity index (χ0) is 20.5. The van der Waals surface area contributed by atoms with Crippen LogP contribution in [0.2, 0.25) is 5.02 Å². The summed E-state index contributed by atoms with van der Waals surface area (Å²) in [7, 11) is 1.72. The Hall–Kier alpha value is -3.31. The van der Waals surface area contributed by atoms with Crippen molar-refractivity contribution in [1.82, 2.24) is 0 Å². The fourth-order valence-electron chi connectivity index (χ4n) is 3.50. The van der Waals surface area contributed by atoms with Crippen molar-refractivity contribution in [1.29, 1.82) is 0 Å². The second-order valence-corrected chi connectivity index (χ2v) is 7.41. The van der Waals surface area contributed by atoms with Gasteiger partial charge < -0.3 is 15.1 Å². The lowest BCUT2D eigenvalue weighted by molar-refractivity contribution is -0.119. The number of likely N-dealkylation sites (N-methyl/N-ethyl adjacent to an activating group) is 1. The molecule has 3 aromatic carbocycles. The predicted molar refractivity (Wildman–Crippen MR) is 114 cm³/mol. The molecule has 29 heavy (non-hydrogen) atoms. The largest absolute Gasteiger partial charge is 0.508 e. The van der Waals surface area contributed by atoms with Crippen molar-refractivity contribution in [2.24, 2.45) is 4.99 Å². The van der Waals surface area contributed by atoms with E-state index >= 15 is 0 Å². The summed E-state index contributed by atoms with van der Waals surface area (Å²) >= 11 is 6.25. The lowest BCUT2D eigenvalue weighted by Crippen LogP contribution is -2.36. The zero-order valence-corrected chi connectivity index (χ0v) is 16.5. The highest BCUT2D eigenvalue weighted by atomic mass is 35.5. The van der Waals surface area contributed by atoms with E-state index in [9.17, 15) is 15.0 Å². The van der Waals surface area contributed by atoms with Crippen molar-refractivity contribution in [3.05, 3.63) is 88.4 Å². The standard InChI is InChI=1S/C23H19ClN2O3/c1-26-21-10-7-16(24)13-19(21)22(15-5-8-17(27)9-6-15)25-20(23(26)29)12-14-3-2-4-18(28)11-14/h2-11,13,20,27-28H,12H2,1H3. The molecular weight excluding hydrogens is 388 g/mol. The number of carbonyl (C=O) groups excluding carboxylic acids is 1. The fourth-order valence-corrected chi connectivity index (χ4v) is 3.67. The van der Waals surface area contributed by atoms with E-state index in [-0.39, 0.29) is 17.4 Å². The van der Waals surface area contributed by atoms with E-state index in [1.165, 1.54) is 0 Å². The highest BCUT2D eigenvalue weighted by Gasteiger charge is 2.30. The topological polar surface area (TPSA) is 73.1 Å². The number of amides is 1. The van der Waals surface area contributed by atoms with E-state index in [0.29, 0.717) is 22.8 Å². The third-order valence-electron chi connectivity index (χ3n) is 4.96. The monoisotopic (exact) mass is 406 g/mol. The Morgan fingerprint density at radius 3 is 2.48 bits per heavy atom. The van der Waals surface area contributed by atoms with Crippen LogP contribution in [0.3, 0.4) is 0 Å². The van der Waals surface area contributed by atoms with Crippen molar-refractivity contribution in [2.75, 3.05) is 11.9 Å². The number of carbonyl (C=O) groups is 1. The molecule has 0 saturated heterocycles. The number of hydrogen-bond acceptors (Lipinski definition) is 4. The van der Waals surface area contributed by atoms with Crippen LogP contribution < -0.4 is 4.90 Å². The van der Waals surface area contributed by atoms with E-state index in [1.807, 2.05) is 12.1 Å². The van der Waals surface area contributed by atoms with Gasteiger partial charge in [0, 0.05) is 29.6 Å². The van der Waals surface area contributed by atoms with Crippen LogP contribution in [0.5, 0.6) is 11.5 Å². The number of benzene rings is 3. The van der Waals surface area contributed by atoms with Gasteiger partial charge in [0.2, 0.25) is 0 Å². The molecule has 146 valence electrons. The number of phenols is 2. The van der Waals surface area contributed by atoms with Crippen LogP contribution in [-0.2, 0) is 11.2 Å². The van der Waals surface area contributed by atoms with Gasteiger partial charge in [-0.25, -0.2) is 0 Å². The van der Waals surface area contributed by atoms with Crippen LogP contribution in [0.4, 0.5) is 5.69 Å². The summed E-state index contributed by atoms with van der Waals surface area (Å²) in [6.07, 6.45) is 0.348. The molecule has 0 bridgehead atoms. The molecule has 0 spiro atoms. The Morgan fingerprint density at radius 2 is 1.76 bits per heavy atom. The lowest BCUT2D eigenvalue weighted by Gasteiger charge is -2.20. The zero-order valence-electron chi connectivity index (χ0n) is 15.7. The van der Waals surface area contributed by atoms with Gasteiger partial charge in [-0.2, -0.15) is 0 Å². The van der Waals surface area contributed by atoms with Crippen molar-refractivity contribution in [2.45, 2.75) is 12.5 Å². The summed E-state index contributed by atoms with van der Waals surface area (Å²) in [6.45, 7) is 0. The normalized spacial score (nSPS) is 16.2. The first-order valence-corrected chi connectivity index (χ1v) is 9.53. The molecule has 2 N–H and O–H groups in total. The van der Waals surface area contributed by atoms with Crippen LogP contribution in [0.1, 0.15) is 16.7 Å². The SMILES string of the molecule is CN1C(=O)C(Cc2cccc(O)c2)N=C(c2ccc(O)cc2)c2cc(Cl)ccc21. The summed E-state index contributed by atoms with van der Waals surface area (Å²) in [5, 5.41) is 20.0. The minimum Gasteiger partial charge on any atom is -0.508 e. The Kier molecular flexibility index (Phi) is 4.99. The van der Waals surface area contributed by atoms with Crippen LogP contribution in [-0.4, -0.2) is 34.9 Å². The molecule has 1 atom stereocenters. The first-order chi connectivity index (χ1) is 13.9. The maximum atomic E-state index is 13.2. The van der Waals surface area contributed by atoms with Crippen molar-refractivity contribution in [3.8, 4) is 11.5 Å². The number of aliphatic imine (C=N–C) groups is 1. The van der Waals surface area contributed by atoms with Gasteiger partial charge in [0.25, 0.3) is 5.91 Å². The Morgan fingerprint density at radius 1 is 1.00 bits per heavy atom. The molecule has 3 aromatic rings. The number of fused-ring (bicyclic) bond motifs is 1. The van der Waals surface area contributed by atoms with Crippen molar-refractivity contribution < 1.29 is 15.0 Å². The Bertz CT molecular complexity index is 1110. The first kappa shape index (κ1) is 19.0. The Balaban J connectivity index is 1.86. The molecule has 6 heteroatoms. The Labute approximate surface area is 173 Å². The van der Waals surface area contributed by atoms with Gasteiger partial charge in [0.1, 0.15) is 17.5 Å².